The van der Waals surface area contributed by atoms with Gasteiger partial charge in [0.15, 0.2) is 23.0 Å². The third-order valence-electron chi connectivity index (χ3n) is 12.4. The van der Waals surface area contributed by atoms with Gasteiger partial charge in [-0.1, -0.05) is 32.8 Å². The fourth-order valence-corrected chi connectivity index (χ4v) is 9.84. The molecule has 1 fully saturated rings. The van der Waals surface area contributed by atoms with Gasteiger partial charge in [0.25, 0.3) is 11.8 Å². The summed E-state index contributed by atoms with van der Waals surface area (Å²) in [5.41, 5.74) is 8.88. The van der Waals surface area contributed by atoms with Gasteiger partial charge in [0.2, 0.25) is 6.29 Å². The summed E-state index contributed by atoms with van der Waals surface area (Å²) in [7, 11) is -2.32. The number of halogens is 1. The van der Waals surface area contributed by atoms with Crippen LogP contribution in [0.5, 0.6) is 28.7 Å². The van der Waals surface area contributed by atoms with Crippen molar-refractivity contribution < 1.29 is 75.6 Å². The summed E-state index contributed by atoms with van der Waals surface area (Å²) in [6, 6.07) is 13.9. The largest absolute Gasteiger partial charge is 0.507 e. The van der Waals surface area contributed by atoms with Gasteiger partial charge in [0.05, 0.1) is 38.2 Å². The number of alkyl halides is 1. The summed E-state index contributed by atoms with van der Waals surface area (Å²) < 4.78 is 62.9. The van der Waals surface area contributed by atoms with Crippen molar-refractivity contribution in [1.29, 1.82) is 0 Å². The van der Waals surface area contributed by atoms with E-state index in [2.05, 4.69) is 15.0 Å². The lowest BCUT2D eigenvalue weighted by atomic mass is 9.92. The topological polar surface area (TPSA) is 313 Å². The highest BCUT2D eigenvalue weighted by atomic mass is 35.5. The normalized spacial score (nSPS) is 20.1. The fraction of sp³-hybridized carbons (Fsp3) is 0.449. The van der Waals surface area contributed by atoms with Gasteiger partial charge in [-0.05, 0) is 77.4 Å². The number of azide groups is 1. The van der Waals surface area contributed by atoms with Crippen molar-refractivity contribution in [2.75, 3.05) is 64.4 Å². The van der Waals surface area contributed by atoms with E-state index in [-0.39, 0.29) is 83.9 Å². The maximum Gasteiger partial charge on any atom is 0.501 e. The van der Waals surface area contributed by atoms with Gasteiger partial charge >= 0.3 is 10.4 Å². The van der Waals surface area contributed by atoms with Crippen LogP contribution in [0.25, 0.3) is 32.1 Å². The van der Waals surface area contributed by atoms with E-state index in [4.69, 9.17) is 44.4 Å². The van der Waals surface area contributed by atoms with E-state index < -0.39 is 87.8 Å². The quantitative estimate of drug-likeness (QED) is 0.0183. The smallest absolute Gasteiger partial charge is 0.501 e. The number of ether oxygens (including phenoxy) is 4. The van der Waals surface area contributed by atoms with Gasteiger partial charge < -0.3 is 67.6 Å². The molecule has 2 aliphatic rings. The van der Waals surface area contributed by atoms with E-state index in [1.807, 2.05) is 27.7 Å². The molecule has 73 heavy (non-hydrogen) atoms. The summed E-state index contributed by atoms with van der Waals surface area (Å²) in [6.45, 7) is 8.89. The number of rotatable bonds is 20. The molecule has 2 amide bonds. The summed E-state index contributed by atoms with van der Waals surface area (Å²) in [6.07, 6.45) is -8.75. The maximum atomic E-state index is 14.4. The molecule has 7 rings (SSSR count). The Hall–Kier alpha value is -6.40. The van der Waals surface area contributed by atoms with Crippen LogP contribution in [0.2, 0.25) is 0 Å². The number of carbonyl (C=O) groups is 3. The number of aromatic nitrogens is 1. The van der Waals surface area contributed by atoms with E-state index in [1.165, 1.54) is 61.2 Å². The number of ketones is 1. The van der Waals surface area contributed by atoms with Crippen molar-refractivity contribution in [1.82, 2.24) is 9.88 Å². The van der Waals surface area contributed by atoms with Crippen molar-refractivity contribution in [2.24, 2.45) is 15.9 Å². The van der Waals surface area contributed by atoms with E-state index >= 15 is 0 Å². The van der Waals surface area contributed by atoms with Crippen LogP contribution in [0.3, 0.4) is 0 Å². The number of hydrogen-bond acceptors (Lipinski definition) is 17. The number of hydrogen-bond donors (Lipinski definition) is 6. The average molecular weight is 1050 g/mol. The molecule has 5 aromatic rings. The number of aliphatic hydroxyl groups excluding tert-OH is 4. The Labute approximate surface area is 424 Å². The molecule has 6 atom stereocenters. The zero-order chi connectivity index (χ0) is 53.3. The Balaban J connectivity index is 1.23. The highest BCUT2D eigenvalue weighted by Gasteiger charge is 2.45. The second-order valence-corrected chi connectivity index (χ2v) is 21.1. The number of nitrogens with one attached hydrogen (secondary N) is 1. The lowest BCUT2D eigenvalue weighted by Gasteiger charge is -2.39. The number of phenolic OH excluding ortho intramolecular Hbond substituents is 1. The Morgan fingerprint density at radius 2 is 1.66 bits per heavy atom. The number of H-pyrrole nitrogens is 1. The highest BCUT2D eigenvalue weighted by molar-refractivity contribution is 7.82. The van der Waals surface area contributed by atoms with Crippen LogP contribution < -0.4 is 22.7 Å². The number of aliphatic hydroxyl groups is 4. The Morgan fingerprint density at radius 3 is 2.33 bits per heavy atom. The Morgan fingerprint density at radius 1 is 0.945 bits per heavy atom. The van der Waals surface area contributed by atoms with Crippen LogP contribution in [0, 0.1) is 10.8 Å². The zero-order valence-electron chi connectivity index (χ0n) is 40.9. The van der Waals surface area contributed by atoms with E-state index in [1.54, 1.807) is 18.2 Å². The number of aromatic hydroxyl groups is 1. The van der Waals surface area contributed by atoms with Crippen LogP contribution >= 0.6 is 11.6 Å². The van der Waals surface area contributed by atoms with Gasteiger partial charge in [-0.15, -0.1) is 20.0 Å². The molecule has 3 heterocycles. The second kappa shape index (κ2) is 21.6. The van der Waals surface area contributed by atoms with Gasteiger partial charge in [-0.3, -0.25) is 14.4 Å². The van der Waals surface area contributed by atoms with E-state index in [0.717, 1.165) is 12.1 Å². The number of fused-ring (bicyclic) bond motifs is 4. The van der Waals surface area contributed by atoms with Crippen molar-refractivity contribution in [2.45, 2.75) is 71.2 Å². The number of methoxy groups -OCH3 is 1. The van der Waals surface area contributed by atoms with Gasteiger partial charge in [-0.25, -0.2) is 0 Å². The molecular weight excluding hydrogens is 996 g/mol. The maximum absolute atomic E-state index is 14.4. The van der Waals surface area contributed by atoms with E-state index in [9.17, 15) is 48.3 Å². The minimum atomic E-state index is -5.28. The second-order valence-electron chi connectivity index (χ2n) is 19.6. The molecule has 22 nitrogen and oxygen atoms in total. The monoisotopic (exact) mass is 1050 g/mol. The lowest BCUT2D eigenvalue weighted by Crippen LogP contribution is -2.60. The minimum Gasteiger partial charge on any atom is -0.507 e. The van der Waals surface area contributed by atoms with Crippen molar-refractivity contribution >= 4 is 67.0 Å². The minimum absolute atomic E-state index is 0.0402. The molecule has 24 heteroatoms. The first kappa shape index (κ1) is 54.4. The predicted molar refractivity (Wildman–Crippen MR) is 266 cm³/mol. The molecule has 6 N–H and O–H groups in total. The Bertz CT molecular complexity index is 3090. The van der Waals surface area contributed by atoms with Crippen LogP contribution in [-0.2, 0) is 19.9 Å². The summed E-state index contributed by atoms with van der Waals surface area (Å²) in [5, 5.41) is 56.8. The molecule has 0 saturated carbocycles. The van der Waals surface area contributed by atoms with Crippen molar-refractivity contribution in [3.8, 4) is 28.7 Å². The summed E-state index contributed by atoms with van der Waals surface area (Å²) >= 11 is 6.55. The van der Waals surface area contributed by atoms with Crippen molar-refractivity contribution in [3.05, 3.63) is 93.5 Å². The first-order valence-corrected chi connectivity index (χ1v) is 24.8. The standard InChI is InChI=1S/C49H57ClN6O16S/c1-25(58)31-12-27-13-34(53-33(27)16-36(31)59)46(64)56-19-28(18-50)41-32-15-29(67-7)9-10-30(32)38(17-35(41)56)71-73(65,66)72-39-14-26(8-11-37(39)69-47-44(62)43(61)42(60)40(20-57)70-47)45(63)55(6)22-49(4,5)24-68-23-48(2,3)21-52-54-51/h8-17,28,40,42-44,47,53,57,59-62H,18-24H2,1-7H3/t28?,40-,42+,43+,44+,47-/m1/s1. The number of anilines is 1. The molecule has 4 aromatic carbocycles. The van der Waals surface area contributed by atoms with Crippen LogP contribution in [0.15, 0.2) is 65.8 Å². The molecule has 0 bridgehead atoms. The number of phenols is 1. The molecular formula is C49H57ClN6O16S. The summed E-state index contributed by atoms with van der Waals surface area (Å²) in [4.78, 5) is 49.3. The zero-order valence-corrected chi connectivity index (χ0v) is 42.5. The van der Waals surface area contributed by atoms with Crippen LogP contribution in [0.4, 0.5) is 5.69 Å². The third kappa shape index (κ3) is 11.9. The fourth-order valence-electron chi connectivity index (χ4n) is 8.85. The van der Waals surface area contributed by atoms with Gasteiger partial charge in [0, 0.05) is 82.8 Å². The number of carbonyl (C=O) groups excluding carboxylic acids is 3. The molecule has 1 unspecified atom stereocenters. The van der Waals surface area contributed by atoms with E-state index in [0.29, 0.717) is 27.6 Å². The molecule has 392 valence electrons. The first-order chi connectivity index (χ1) is 34.4. The third-order valence-corrected chi connectivity index (χ3v) is 13.6. The molecule has 1 saturated heterocycles. The number of aromatic amines is 1. The molecule has 2 aliphatic heterocycles. The Kier molecular flexibility index (Phi) is 16.1. The number of Topliss-reactive ketones (excluding diaryl/α,β-unsaturated/α-hetero) is 1. The van der Waals surface area contributed by atoms with Crippen LogP contribution in [-0.4, -0.2) is 152 Å². The number of amides is 2. The first-order valence-electron chi connectivity index (χ1n) is 22.9. The lowest BCUT2D eigenvalue weighted by molar-refractivity contribution is -0.277. The average Bonchev–Trinajstić information content (AvgIpc) is 3.93. The highest BCUT2D eigenvalue weighted by Crippen LogP contribution is 2.48. The van der Waals surface area contributed by atoms with Crippen molar-refractivity contribution in [3.63, 3.8) is 0 Å². The number of benzene rings is 4. The SMILES string of the molecule is COc1ccc2c(OS(=O)(=O)Oc3cc(C(=O)N(C)CC(C)(C)COCC(C)(C)CN=[N+]=[N-])ccc3O[C@@H]3O[C@H](CO)[C@H](O)[C@H](O)[C@@H]3O)cc3c(c2c1)C(CCl)CN3C(=O)c1cc2cc(C(C)=O)c(O)cc2[nH]1. The van der Waals surface area contributed by atoms with Gasteiger partial charge in [0.1, 0.15) is 41.6 Å². The molecule has 0 radical (unpaired) electrons. The predicted octanol–water partition coefficient (Wildman–Crippen LogP) is 5.55. The van der Waals surface area contributed by atoms with Gasteiger partial charge in [-0.2, -0.15) is 0 Å². The number of nitrogens with zero attached hydrogens (tertiary/aromatic N) is 5. The molecule has 0 spiro atoms. The summed E-state index contributed by atoms with van der Waals surface area (Å²) in [5.74, 6) is -3.28. The van der Waals surface area contributed by atoms with Crippen LogP contribution in [0.1, 0.15) is 77.3 Å². The molecule has 0 aliphatic carbocycles. The molecule has 1 aromatic heterocycles.